The molecular formula is C15H20N4O. The van der Waals surface area contributed by atoms with E-state index in [9.17, 15) is 0 Å². The van der Waals surface area contributed by atoms with Crippen LogP contribution < -0.4 is 21.9 Å². The van der Waals surface area contributed by atoms with Crippen LogP contribution in [0.25, 0.3) is 0 Å². The number of hydrogen-bond acceptors (Lipinski definition) is 5. The Labute approximate surface area is 118 Å². The molecule has 0 fully saturated rings. The third-order valence-electron chi connectivity index (χ3n) is 2.98. The number of para-hydroxylation sites is 1. The van der Waals surface area contributed by atoms with Gasteiger partial charge >= 0.3 is 0 Å². The summed E-state index contributed by atoms with van der Waals surface area (Å²) in [4.78, 5) is 0. The quantitative estimate of drug-likeness (QED) is 0.471. The fraction of sp³-hybridized carbons (Fsp3) is 0.200. The smallest absolute Gasteiger partial charge is 0.0616 e. The van der Waals surface area contributed by atoms with Crippen molar-refractivity contribution in [3.05, 3.63) is 54.1 Å². The Morgan fingerprint density at radius 3 is 2.50 bits per heavy atom. The highest BCUT2D eigenvalue weighted by atomic mass is 16.3. The van der Waals surface area contributed by atoms with E-state index in [-0.39, 0.29) is 6.61 Å². The predicted molar refractivity (Wildman–Crippen MR) is 83.0 cm³/mol. The van der Waals surface area contributed by atoms with E-state index in [1.54, 1.807) is 12.1 Å². The van der Waals surface area contributed by atoms with E-state index in [1.165, 1.54) is 0 Å². The first-order chi connectivity index (χ1) is 9.70. The lowest BCUT2D eigenvalue weighted by Crippen LogP contribution is -2.39. The summed E-state index contributed by atoms with van der Waals surface area (Å²) in [6, 6.07) is 15.3. The standard InChI is InChI=1S/C15H20N4O/c16-13-6-7-15(17)12(10-13)11-19(18-8-9-20)14-4-2-1-3-5-14/h1-7,10,18,20H,8-9,11,16-17H2. The molecule has 0 aliphatic rings. The van der Waals surface area contributed by atoms with Gasteiger partial charge in [0.25, 0.3) is 0 Å². The molecule has 5 nitrogen and oxygen atoms in total. The van der Waals surface area contributed by atoms with Crippen LogP contribution in [0.15, 0.2) is 48.5 Å². The molecule has 2 aromatic carbocycles. The summed E-state index contributed by atoms with van der Waals surface area (Å²) in [6.07, 6.45) is 0. The lowest BCUT2D eigenvalue weighted by molar-refractivity contribution is 0.290. The molecule has 0 bridgehead atoms. The number of rotatable bonds is 6. The minimum Gasteiger partial charge on any atom is -0.399 e. The van der Waals surface area contributed by atoms with Gasteiger partial charge in [0, 0.05) is 17.9 Å². The van der Waals surface area contributed by atoms with Gasteiger partial charge < -0.3 is 21.6 Å². The minimum absolute atomic E-state index is 0.0652. The van der Waals surface area contributed by atoms with E-state index in [0.29, 0.717) is 24.5 Å². The second kappa shape index (κ2) is 6.79. The zero-order chi connectivity index (χ0) is 14.4. The van der Waals surface area contributed by atoms with Gasteiger partial charge in [-0.05, 0) is 35.9 Å². The highest BCUT2D eigenvalue weighted by Crippen LogP contribution is 2.20. The van der Waals surface area contributed by atoms with Crippen molar-refractivity contribution in [2.75, 3.05) is 29.6 Å². The summed E-state index contributed by atoms with van der Waals surface area (Å²) in [5.41, 5.74) is 18.3. The number of hydrogen-bond donors (Lipinski definition) is 4. The molecule has 0 radical (unpaired) electrons. The lowest BCUT2D eigenvalue weighted by atomic mass is 10.1. The Morgan fingerprint density at radius 2 is 1.80 bits per heavy atom. The Balaban J connectivity index is 2.21. The number of nitrogens with two attached hydrogens (primary N) is 2. The molecule has 6 N–H and O–H groups in total. The summed E-state index contributed by atoms with van der Waals surface area (Å²) in [5, 5.41) is 10.9. The van der Waals surface area contributed by atoms with Crippen LogP contribution in [0.5, 0.6) is 0 Å². The molecule has 0 aromatic heterocycles. The molecule has 5 heteroatoms. The van der Waals surface area contributed by atoms with Crippen molar-refractivity contribution < 1.29 is 5.11 Å². The largest absolute Gasteiger partial charge is 0.399 e. The lowest BCUT2D eigenvalue weighted by Gasteiger charge is -2.26. The van der Waals surface area contributed by atoms with Crippen LogP contribution in [0.1, 0.15) is 5.56 Å². The molecule has 0 heterocycles. The van der Waals surface area contributed by atoms with Crippen molar-refractivity contribution in [2.24, 2.45) is 0 Å². The Morgan fingerprint density at radius 1 is 1.05 bits per heavy atom. The van der Waals surface area contributed by atoms with Gasteiger partial charge in [-0.3, -0.25) is 0 Å². The fourth-order valence-corrected chi connectivity index (χ4v) is 1.96. The summed E-state index contributed by atoms with van der Waals surface area (Å²) >= 11 is 0. The maximum atomic E-state index is 8.99. The third kappa shape index (κ3) is 3.63. The van der Waals surface area contributed by atoms with Crippen molar-refractivity contribution in [1.29, 1.82) is 0 Å². The molecule has 0 spiro atoms. The Kier molecular flexibility index (Phi) is 4.81. The molecule has 106 valence electrons. The summed E-state index contributed by atoms with van der Waals surface area (Å²) in [5.74, 6) is 0. The van der Waals surface area contributed by atoms with Gasteiger partial charge in [-0.15, -0.1) is 0 Å². The van der Waals surface area contributed by atoms with E-state index in [4.69, 9.17) is 16.6 Å². The molecule has 0 atom stereocenters. The molecule has 2 rings (SSSR count). The molecule has 0 saturated heterocycles. The summed E-state index contributed by atoms with van der Waals surface area (Å²) in [6.45, 7) is 1.10. The number of nitrogens with zero attached hydrogens (tertiary/aromatic N) is 1. The monoisotopic (exact) mass is 272 g/mol. The van der Waals surface area contributed by atoms with Crippen molar-refractivity contribution in [2.45, 2.75) is 6.54 Å². The van der Waals surface area contributed by atoms with E-state index >= 15 is 0 Å². The normalized spacial score (nSPS) is 10.4. The van der Waals surface area contributed by atoms with Crippen molar-refractivity contribution in [3.8, 4) is 0 Å². The molecule has 2 aromatic rings. The van der Waals surface area contributed by atoms with Gasteiger partial charge in [-0.25, -0.2) is 5.43 Å². The number of nitrogens with one attached hydrogen (secondary N) is 1. The first-order valence-corrected chi connectivity index (χ1v) is 6.51. The maximum Gasteiger partial charge on any atom is 0.0616 e. The average molecular weight is 272 g/mol. The van der Waals surface area contributed by atoms with E-state index in [0.717, 1.165) is 11.3 Å². The minimum atomic E-state index is 0.0652. The number of aliphatic hydroxyl groups is 1. The Hall–Kier alpha value is -2.24. The van der Waals surface area contributed by atoms with E-state index < -0.39 is 0 Å². The number of aliphatic hydroxyl groups excluding tert-OH is 1. The van der Waals surface area contributed by atoms with Crippen LogP contribution in [-0.4, -0.2) is 18.3 Å². The highest BCUT2D eigenvalue weighted by Gasteiger charge is 2.09. The van der Waals surface area contributed by atoms with Crippen molar-refractivity contribution in [1.82, 2.24) is 5.43 Å². The average Bonchev–Trinajstić information content (AvgIpc) is 2.48. The van der Waals surface area contributed by atoms with Crippen LogP contribution in [-0.2, 0) is 6.54 Å². The first-order valence-electron chi connectivity index (χ1n) is 6.51. The first kappa shape index (κ1) is 14.2. The molecule has 0 amide bonds. The zero-order valence-electron chi connectivity index (χ0n) is 11.3. The maximum absolute atomic E-state index is 8.99. The van der Waals surface area contributed by atoms with Crippen LogP contribution in [0.3, 0.4) is 0 Å². The number of benzene rings is 2. The van der Waals surface area contributed by atoms with E-state index in [2.05, 4.69) is 5.43 Å². The summed E-state index contributed by atoms with van der Waals surface area (Å²) in [7, 11) is 0. The highest BCUT2D eigenvalue weighted by molar-refractivity contribution is 5.57. The van der Waals surface area contributed by atoms with Gasteiger partial charge in [0.15, 0.2) is 0 Å². The molecule has 0 aliphatic heterocycles. The van der Waals surface area contributed by atoms with Crippen LogP contribution >= 0.6 is 0 Å². The molecule has 0 aliphatic carbocycles. The van der Waals surface area contributed by atoms with E-state index in [1.807, 2.05) is 41.4 Å². The second-order valence-corrected chi connectivity index (χ2v) is 4.51. The van der Waals surface area contributed by atoms with Crippen molar-refractivity contribution >= 4 is 17.1 Å². The van der Waals surface area contributed by atoms with Gasteiger partial charge in [0.2, 0.25) is 0 Å². The number of hydrazine groups is 1. The summed E-state index contributed by atoms with van der Waals surface area (Å²) < 4.78 is 0. The zero-order valence-corrected chi connectivity index (χ0v) is 11.3. The molecule has 0 saturated carbocycles. The van der Waals surface area contributed by atoms with Crippen LogP contribution in [0.4, 0.5) is 17.1 Å². The molecule has 0 unspecified atom stereocenters. The number of anilines is 3. The van der Waals surface area contributed by atoms with Gasteiger partial charge in [-0.2, -0.15) is 0 Å². The van der Waals surface area contributed by atoms with Gasteiger partial charge in [0.05, 0.1) is 18.8 Å². The number of nitrogen functional groups attached to an aromatic ring is 2. The molecule has 20 heavy (non-hydrogen) atoms. The van der Waals surface area contributed by atoms with Crippen LogP contribution in [0.2, 0.25) is 0 Å². The SMILES string of the molecule is Nc1ccc(N)c(CN(NCCO)c2ccccc2)c1. The van der Waals surface area contributed by atoms with Crippen LogP contribution in [0, 0.1) is 0 Å². The van der Waals surface area contributed by atoms with Gasteiger partial charge in [0.1, 0.15) is 0 Å². The van der Waals surface area contributed by atoms with Gasteiger partial charge in [-0.1, -0.05) is 18.2 Å². The fourth-order valence-electron chi connectivity index (χ4n) is 1.96. The Bertz CT molecular complexity index is 545. The molecular weight excluding hydrogens is 252 g/mol. The third-order valence-corrected chi connectivity index (χ3v) is 2.98. The van der Waals surface area contributed by atoms with Crippen molar-refractivity contribution in [3.63, 3.8) is 0 Å². The topological polar surface area (TPSA) is 87.5 Å². The predicted octanol–water partition coefficient (Wildman–Crippen LogP) is 1.35. The second-order valence-electron chi connectivity index (χ2n) is 4.51.